The van der Waals surface area contributed by atoms with Gasteiger partial charge in [-0.25, -0.2) is 4.79 Å². The molecule has 0 bridgehead atoms. The second-order valence-corrected chi connectivity index (χ2v) is 7.02. The summed E-state index contributed by atoms with van der Waals surface area (Å²) in [6, 6.07) is 16.7. The number of aryl methyl sites for hydroxylation is 1. The Morgan fingerprint density at radius 2 is 1.85 bits per heavy atom. The van der Waals surface area contributed by atoms with E-state index in [9.17, 15) is 14.7 Å². The van der Waals surface area contributed by atoms with Gasteiger partial charge in [0.05, 0.1) is 10.6 Å². The van der Waals surface area contributed by atoms with Crippen LogP contribution in [-0.4, -0.2) is 17.0 Å². The van der Waals surface area contributed by atoms with Crippen molar-refractivity contribution in [3.8, 4) is 10.4 Å². The number of rotatable bonds is 6. The van der Waals surface area contributed by atoms with E-state index < -0.39 is 5.97 Å². The van der Waals surface area contributed by atoms with Gasteiger partial charge in [0.1, 0.15) is 5.56 Å². The van der Waals surface area contributed by atoms with Gasteiger partial charge in [0.25, 0.3) is 0 Å². The average Bonchev–Trinajstić information content (AvgIpc) is 3.04. The maximum absolute atomic E-state index is 12.2. The number of amides is 1. The molecular formula is C20H16ClNO3S. The molecule has 3 aromatic rings. The van der Waals surface area contributed by atoms with Crippen LogP contribution in [0.15, 0.2) is 60.0 Å². The highest BCUT2D eigenvalue weighted by molar-refractivity contribution is 7.14. The van der Waals surface area contributed by atoms with Crippen LogP contribution in [0.5, 0.6) is 0 Å². The van der Waals surface area contributed by atoms with E-state index in [2.05, 4.69) is 5.32 Å². The second kappa shape index (κ2) is 8.17. The molecule has 4 nitrogen and oxygen atoms in total. The van der Waals surface area contributed by atoms with E-state index in [1.807, 2.05) is 30.3 Å². The van der Waals surface area contributed by atoms with E-state index in [0.29, 0.717) is 27.6 Å². The molecule has 0 spiro atoms. The first kappa shape index (κ1) is 18.2. The number of carbonyl (C=O) groups excluding carboxylic acids is 1. The Kier molecular flexibility index (Phi) is 5.71. The standard InChI is InChI=1S/C20H16ClNO3S/c21-15-8-4-7-14(11-15)19-18(20(24)25)16(12-26-19)22-17(23)10-9-13-5-2-1-3-6-13/h1-8,11-12H,9-10H2,(H,22,23)(H,24,25). The molecule has 0 saturated heterocycles. The van der Waals surface area contributed by atoms with Crippen LogP contribution in [0.25, 0.3) is 10.4 Å². The van der Waals surface area contributed by atoms with Crippen molar-refractivity contribution in [3.05, 3.63) is 76.1 Å². The second-order valence-electron chi connectivity index (χ2n) is 5.70. The minimum atomic E-state index is -1.08. The van der Waals surface area contributed by atoms with Crippen LogP contribution in [0.2, 0.25) is 5.02 Å². The average molecular weight is 386 g/mol. The molecular weight excluding hydrogens is 370 g/mol. The van der Waals surface area contributed by atoms with E-state index in [-0.39, 0.29) is 17.9 Å². The number of benzene rings is 2. The molecule has 0 atom stereocenters. The Morgan fingerprint density at radius 3 is 2.54 bits per heavy atom. The number of hydrogen-bond acceptors (Lipinski definition) is 3. The molecule has 0 aliphatic rings. The van der Waals surface area contributed by atoms with E-state index in [1.54, 1.807) is 29.6 Å². The van der Waals surface area contributed by atoms with Crippen molar-refractivity contribution in [1.29, 1.82) is 0 Å². The first-order valence-corrected chi connectivity index (χ1v) is 9.25. The number of halogens is 1. The first-order valence-electron chi connectivity index (χ1n) is 7.99. The fourth-order valence-corrected chi connectivity index (χ4v) is 3.80. The zero-order valence-electron chi connectivity index (χ0n) is 13.7. The van der Waals surface area contributed by atoms with E-state index in [1.165, 1.54) is 11.3 Å². The molecule has 0 saturated carbocycles. The minimum Gasteiger partial charge on any atom is -0.478 e. The van der Waals surface area contributed by atoms with Gasteiger partial charge in [0.15, 0.2) is 0 Å². The minimum absolute atomic E-state index is 0.0883. The van der Waals surface area contributed by atoms with Crippen LogP contribution in [0.1, 0.15) is 22.3 Å². The van der Waals surface area contributed by atoms with Crippen molar-refractivity contribution in [2.75, 3.05) is 5.32 Å². The lowest BCUT2D eigenvalue weighted by molar-refractivity contribution is -0.116. The fourth-order valence-electron chi connectivity index (χ4n) is 2.62. The Balaban J connectivity index is 1.78. The summed E-state index contributed by atoms with van der Waals surface area (Å²) in [6.07, 6.45) is 0.881. The topological polar surface area (TPSA) is 66.4 Å². The molecule has 1 amide bonds. The number of carboxylic acid groups (broad SMARTS) is 1. The van der Waals surface area contributed by atoms with E-state index >= 15 is 0 Å². The van der Waals surface area contributed by atoms with Crippen molar-refractivity contribution in [2.45, 2.75) is 12.8 Å². The lowest BCUT2D eigenvalue weighted by Gasteiger charge is -2.07. The normalized spacial score (nSPS) is 10.5. The largest absolute Gasteiger partial charge is 0.478 e. The van der Waals surface area contributed by atoms with Crippen LogP contribution < -0.4 is 5.32 Å². The van der Waals surface area contributed by atoms with Crippen LogP contribution in [0, 0.1) is 0 Å². The molecule has 132 valence electrons. The number of carboxylic acids is 1. The predicted octanol–water partition coefficient (Wildman–Crippen LogP) is 5.34. The van der Waals surface area contributed by atoms with Gasteiger partial charge < -0.3 is 10.4 Å². The maximum Gasteiger partial charge on any atom is 0.339 e. The summed E-state index contributed by atoms with van der Waals surface area (Å²) in [7, 11) is 0. The van der Waals surface area contributed by atoms with Gasteiger partial charge in [-0.05, 0) is 29.7 Å². The zero-order valence-corrected chi connectivity index (χ0v) is 15.3. The number of carbonyl (C=O) groups is 2. The summed E-state index contributed by atoms with van der Waals surface area (Å²) in [4.78, 5) is 24.6. The predicted molar refractivity (Wildman–Crippen MR) is 105 cm³/mol. The SMILES string of the molecule is O=C(CCc1ccccc1)Nc1csc(-c2cccc(Cl)c2)c1C(=O)O. The monoisotopic (exact) mass is 385 g/mol. The molecule has 0 aliphatic carbocycles. The smallest absolute Gasteiger partial charge is 0.339 e. The van der Waals surface area contributed by atoms with Gasteiger partial charge in [-0.2, -0.15) is 0 Å². The van der Waals surface area contributed by atoms with Gasteiger partial charge in [-0.3, -0.25) is 4.79 Å². The number of aromatic carboxylic acids is 1. The Morgan fingerprint density at radius 1 is 1.08 bits per heavy atom. The molecule has 1 heterocycles. The van der Waals surface area contributed by atoms with Gasteiger partial charge >= 0.3 is 5.97 Å². The highest BCUT2D eigenvalue weighted by Gasteiger charge is 2.21. The molecule has 2 aromatic carbocycles. The molecule has 2 N–H and O–H groups in total. The lowest BCUT2D eigenvalue weighted by Crippen LogP contribution is -2.14. The zero-order chi connectivity index (χ0) is 18.5. The summed E-state index contributed by atoms with van der Waals surface area (Å²) in [6.45, 7) is 0. The fraction of sp³-hybridized carbons (Fsp3) is 0.100. The molecule has 3 rings (SSSR count). The van der Waals surface area contributed by atoms with Crippen molar-refractivity contribution in [3.63, 3.8) is 0 Å². The van der Waals surface area contributed by atoms with E-state index in [0.717, 1.165) is 5.56 Å². The third kappa shape index (κ3) is 4.31. The summed E-state index contributed by atoms with van der Waals surface area (Å²) in [5, 5.41) is 14.5. The maximum atomic E-state index is 12.2. The molecule has 26 heavy (non-hydrogen) atoms. The van der Waals surface area contributed by atoms with Gasteiger partial charge in [-0.15, -0.1) is 11.3 Å². The van der Waals surface area contributed by atoms with Crippen LogP contribution >= 0.6 is 22.9 Å². The molecule has 0 aliphatic heterocycles. The van der Waals surface area contributed by atoms with Gasteiger partial charge in [0.2, 0.25) is 5.91 Å². The third-order valence-electron chi connectivity index (χ3n) is 3.85. The van der Waals surface area contributed by atoms with Crippen molar-refractivity contribution in [1.82, 2.24) is 0 Å². The first-order chi connectivity index (χ1) is 12.5. The summed E-state index contributed by atoms with van der Waals surface area (Å²) in [5.41, 5.74) is 2.18. The number of nitrogens with one attached hydrogen (secondary N) is 1. The van der Waals surface area contributed by atoms with Crippen molar-refractivity contribution >= 4 is 40.5 Å². The number of anilines is 1. The summed E-state index contributed by atoms with van der Waals surface area (Å²) in [5.74, 6) is -1.30. The van der Waals surface area contributed by atoms with Crippen molar-refractivity contribution < 1.29 is 14.7 Å². The quantitative estimate of drug-likeness (QED) is 0.602. The number of thiophene rings is 1. The van der Waals surface area contributed by atoms with Crippen molar-refractivity contribution in [2.24, 2.45) is 0 Å². The Hall–Kier alpha value is -2.63. The van der Waals surface area contributed by atoms with E-state index in [4.69, 9.17) is 11.6 Å². The van der Waals surface area contributed by atoms with Gasteiger partial charge in [0, 0.05) is 16.8 Å². The molecule has 6 heteroatoms. The molecule has 1 aromatic heterocycles. The van der Waals surface area contributed by atoms with Crippen LogP contribution in [0.4, 0.5) is 5.69 Å². The highest BCUT2D eigenvalue weighted by Crippen LogP contribution is 2.37. The molecule has 0 fully saturated rings. The van der Waals surface area contributed by atoms with Crippen LogP contribution in [-0.2, 0) is 11.2 Å². The third-order valence-corrected chi connectivity index (χ3v) is 5.11. The number of hydrogen-bond donors (Lipinski definition) is 2. The molecule has 0 unspecified atom stereocenters. The van der Waals surface area contributed by atoms with Crippen LogP contribution in [0.3, 0.4) is 0 Å². The summed E-state index contributed by atoms with van der Waals surface area (Å²) >= 11 is 7.27. The summed E-state index contributed by atoms with van der Waals surface area (Å²) < 4.78 is 0. The van der Waals surface area contributed by atoms with Gasteiger partial charge in [-0.1, -0.05) is 54.1 Å². The molecule has 0 radical (unpaired) electrons. The Labute approximate surface area is 160 Å². The highest BCUT2D eigenvalue weighted by atomic mass is 35.5. The Bertz CT molecular complexity index is 937. The lowest BCUT2D eigenvalue weighted by atomic mass is 10.1.